The second-order valence-electron chi connectivity index (χ2n) is 3.58. The summed E-state index contributed by atoms with van der Waals surface area (Å²) >= 11 is 0. The van der Waals surface area contributed by atoms with Crippen LogP contribution in [0.2, 0.25) is 0 Å². The third-order valence-corrected chi connectivity index (χ3v) is 2.16. The average molecular weight is 201 g/mol. The summed E-state index contributed by atoms with van der Waals surface area (Å²) in [5.41, 5.74) is 0. The number of hydrogen-bond acceptors (Lipinski definition) is 3. The van der Waals surface area contributed by atoms with E-state index in [0.29, 0.717) is 6.42 Å². The highest BCUT2D eigenvalue weighted by Gasteiger charge is 2.11. The van der Waals surface area contributed by atoms with E-state index in [1.54, 1.807) is 4.90 Å². The molecule has 1 amide bonds. The van der Waals surface area contributed by atoms with E-state index in [4.69, 9.17) is 0 Å². The molecule has 84 valence electrons. The van der Waals surface area contributed by atoms with Gasteiger partial charge in [0.15, 0.2) is 0 Å². The van der Waals surface area contributed by atoms with Crippen molar-refractivity contribution in [1.82, 2.24) is 15.5 Å². The first-order chi connectivity index (χ1) is 6.61. The lowest BCUT2D eigenvalue weighted by Crippen LogP contribution is -2.37. The minimum Gasteiger partial charge on any atom is -0.344 e. The van der Waals surface area contributed by atoms with E-state index in [1.807, 2.05) is 27.9 Å². The molecule has 0 aromatic heterocycles. The van der Waals surface area contributed by atoms with Gasteiger partial charge in [0.25, 0.3) is 0 Å². The summed E-state index contributed by atoms with van der Waals surface area (Å²) < 4.78 is 0. The van der Waals surface area contributed by atoms with Crippen LogP contribution >= 0.6 is 0 Å². The van der Waals surface area contributed by atoms with Crippen LogP contribution in [-0.2, 0) is 4.79 Å². The van der Waals surface area contributed by atoms with Crippen LogP contribution < -0.4 is 10.6 Å². The van der Waals surface area contributed by atoms with Gasteiger partial charge < -0.3 is 15.5 Å². The lowest BCUT2D eigenvalue weighted by molar-refractivity contribution is -0.130. The van der Waals surface area contributed by atoms with Gasteiger partial charge in [-0.05, 0) is 20.5 Å². The van der Waals surface area contributed by atoms with Crippen molar-refractivity contribution in [3.8, 4) is 0 Å². The molecule has 0 aliphatic rings. The molecule has 0 aromatic rings. The van der Waals surface area contributed by atoms with Crippen LogP contribution in [0.1, 0.15) is 20.3 Å². The average Bonchev–Trinajstić information content (AvgIpc) is 2.14. The van der Waals surface area contributed by atoms with Crippen molar-refractivity contribution in [3.63, 3.8) is 0 Å². The number of rotatable bonds is 7. The molecule has 0 bridgehead atoms. The number of nitrogens with one attached hydrogen (secondary N) is 2. The highest BCUT2D eigenvalue weighted by atomic mass is 16.2. The van der Waals surface area contributed by atoms with Crippen LogP contribution in [0.5, 0.6) is 0 Å². The number of hydrogen-bond donors (Lipinski definition) is 2. The van der Waals surface area contributed by atoms with Crippen molar-refractivity contribution >= 4 is 5.91 Å². The van der Waals surface area contributed by atoms with Crippen molar-refractivity contribution in [1.29, 1.82) is 0 Å². The summed E-state index contributed by atoms with van der Waals surface area (Å²) in [5.74, 6) is 0.203. The number of carbonyl (C=O) groups excluding carboxylic acids is 1. The van der Waals surface area contributed by atoms with Gasteiger partial charge in [0.05, 0.1) is 0 Å². The zero-order chi connectivity index (χ0) is 11.0. The highest BCUT2D eigenvalue weighted by Crippen LogP contribution is 1.95. The molecule has 4 heteroatoms. The molecule has 0 aliphatic heterocycles. The van der Waals surface area contributed by atoms with E-state index in [-0.39, 0.29) is 11.9 Å². The fourth-order valence-corrected chi connectivity index (χ4v) is 1.24. The molecule has 0 rings (SSSR count). The van der Waals surface area contributed by atoms with Gasteiger partial charge in [0.1, 0.15) is 0 Å². The zero-order valence-corrected chi connectivity index (χ0v) is 9.76. The number of likely N-dealkylation sites (N-methyl/N-ethyl adjacent to an activating group) is 2. The van der Waals surface area contributed by atoms with Gasteiger partial charge in [-0.2, -0.15) is 0 Å². The van der Waals surface area contributed by atoms with E-state index >= 15 is 0 Å². The molecule has 0 radical (unpaired) electrons. The smallest absolute Gasteiger partial charge is 0.223 e. The van der Waals surface area contributed by atoms with Crippen molar-refractivity contribution < 1.29 is 4.79 Å². The van der Waals surface area contributed by atoms with Gasteiger partial charge >= 0.3 is 0 Å². The Labute approximate surface area is 87.0 Å². The Morgan fingerprint density at radius 3 is 2.64 bits per heavy atom. The van der Waals surface area contributed by atoms with Crippen molar-refractivity contribution in [2.75, 3.05) is 33.7 Å². The SMILES string of the molecule is CCNC(C)CC(=O)N(C)CCNC. The van der Waals surface area contributed by atoms with Crippen molar-refractivity contribution in [2.45, 2.75) is 26.3 Å². The lowest BCUT2D eigenvalue weighted by Gasteiger charge is -2.19. The largest absolute Gasteiger partial charge is 0.344 e. The van der Waals surface area contributed by atoms with Crippen LogP contribution in [0.25, 0.3) is 0 Å². The molecule has 0 aromatic carbocycles. The Balaban J connectivity index is 3.71. The molecule has 0 saturated carbocycles. The molecule has 0 aliphatic carbocycles. The topological polar surface area (TPSA) is 44.4 Å². The van der Waals surface area contributed by atoms with E-state index in [1.165, 1.54) is 0 Å². The quantitative estimate of drug-likeness (QED) is 0.612. The normalized spacial score (nSPS) is 12.6. The first kappa shape index (κ1) is 13.4. The molecule has 0 fully saturated rings. The third kappa shape index (κ3) is 5.94. The minimum absolute atomic E-state index is 0.203. The molecule has 1 atom stereocenters. The molecule has 2 N–H and O–H groups in total. The van der Waals surface area contributed by atoms with Crippen LogP contribution in [0.4, 0.5) is 0 Å². The summed E-state index contributed by atoms with van der Waals surface area (Å²) in [6.07, 6.45) is 0.577. The maximum Gasteiger partial charge on any atom is 0.223 e. The van der Waals surface area contributed by atoms with Crippen LogP contribution in [0.3, 0.4) is 0 Å². The predicted molar refractivity (Wildman–Crippen MR) is 59.3 cm³/mol. The van der Waals surface area contributed by atoms with E-state index < -0.39 is 0 Å². The van der Waals surface area contributed by atoms with Gasteiger partial charge in [-0.25, -0.2) is 0 Å². The lowest BCUT2D eigenvalue weighted by atomic mass is 10.2. The summed E-state index contributed by atoms with van der Waals surface area (Å²) in [6.45, 7) is 6.61. The molecule has 1 unspecified atom stereocenters. The van der Waals surface area contributed by atoms with E-state index in [0.717, 1.165) is 19.6 Å². The minimum atomic E-state index is 0.203. The summed E-state index contributed by atoms with van der Waals surface area (Å²) in [7, 11) is 3.73. The van der Waals surface area contributed by atoms with E-state index in [9.17, 15) is 4.79 Å². The highest BCUT2D eigenvalue weighted by molar-refractivity contribution is 5.76. The van der Waals surface area contributed by atoms with Gasteiger partial charge in [-0.15, -0.1) is 0 Å². The van der Waals surface area contributed by atoms with Gasteiger partial charge in [0, 0.05) is 32.6 Å². The predicted octanol–water partition coefficient (Wildman–Crippen LogP) is 0.0523. The Morgan fingerprint density at radius 1 is 1.50 bits per heavy atom. The molecule has 14 heavy (non-hydrogen) atoms. The van der Waals surface area contributed by atoms with Crippen molar-refractivity contribution in [3.05, 3.63) is 0 Å². The first-order valence-electron chi connectivity index (χ1n) is 5.23. The molecular weight excluding hydrogens is 178 g/mol. The Kier molecular flexibility index (Phi) is 7.42. The van der Waals surface area contributed by atoms with Crippen LogP contribution in [0.15, 0.2) is 0 Å². The van der Waals surface area contributed by atoms with Gasteiger partial charge in [0.2, 0.25) is 5.91 Å². The molecular formula is C10H23N3O. The molecule has 0 spiro atoms. The van der Waals surface area contributed by atoms with Gasteiger partial charge in [-0.3, -0.25) is 4.79 Å². The molecule has 4 nitrogen and oxygen atoms in total. The van der Waals surface area contributed by atoms with Gasteiger partial charge in [-0.1, -0.05) is 6.92 Å². The zero-order valence-electron chi connectivity index (χ0n) is 9.76. The number of amides is 1. The van der Waals surface area contributed by atoms with Crippen molar-refractivity contribution in [2.24, 2.45) is 0 Å². The summed E-state index contributed by atoms with van der Waals surface area (Å²) in [4.78, 5) is 13.4. The standard InChI is InChI=1S/C10H23N3O/c1-5-12-9(2)8-10(14)13(4)7-6-11-3/h9,11-12H,5-8H2,1-4H3. The first-order valence-corrected chi connectivity index (χ1v) is 5.23. The Hall–Kier alpha value is -0.610. The fourth-order valence-electron chi connectivity index (χ4n) is 1.24. The third-order valence-electron chi connectivity index (χ3n) is 2.16. The number of carbonyl (C=O) groups is 1. The maximum atomic E-state index is 11.6. The summed E-state index contributed by atoms with van der Waals surface area (Å²) in [6, 6.07) is 0.268. The Morgan fingerprint density at radius 2 is 2.14 bits per heavy atom. The second kappa shape index (κ2) is 7.76. The monoisotopic (exact) mass is 201 g/mol. The Bertz CT molecular complexity index is 161. The maximum absolute atomic E-state index is 11.6. The van der Waals surface area contributed by atoms with E-state index in [2.05, 4.69) is 10.6 Å². The fraction of sp³-hybridized carbons (Fsp3) is 0.900. The number of nitrogens with zero attached hydrogens (tertiary/aromatic N) is 1. The summed E-state index contributed by atoms with van der Waals surface area (Å²) in [5, 5.41) is 6.25. The van der Waals surface area contributed by atoms with Crippen LogP contribution in [-0.4, -0.2) is 50.6 Å². The molecule has 0 heterocycles. The molecule has 0 saturated heterocycles. The van der Waals surface area contributed by atoms with Crippen LogP contribution in [0, 0.1) is 0 Å². The second-order valence-corrected chi connectivity index (χ2v) is 3.58.